The molecule has 0 aliphatic heterocycles. The van der Waals surface area contributed by atoms with Gasteiger partial charge in [-0.3, -0.25) is 10.0 Å². The normalized spacial score (nSPS) is 11.1. The molecular weight excluding hydrogens is 216 g/mol. The molecule has 0 aliphatic carbocycles. The van der Waals surface area contributed by atoms with Gasteiger partial charge in [0.25, 0.3) is 6.08 Å². The first kappa shape index (κ1) is 17.4. The van der Waals surface area contributed by atoms with Gasteiger partial charge in [-0.1, -0.05) is 41.5 Å². The number of amides is 1. The molecule has 0 aromatic rings. The minimum Gasteiger partial charge on any atom is -0.289 e. The number of carbonyl (C=O) groups is 1. The number of hydrogen-bond acceptors (Lipinski definition) is 2. The van der Waals surface area contributed by atoms with Crippen LogP contribution in [0.25, 0.3) is 0 Å². The second-order valence-electron chi connectivity index (χ2n) is 5.49. The van der Waals surface area contributed by atoms with Gasteiger partial charge in [0.1, 0.15) is 0 Å². The van der Waals surface area contributed by atoms with Crippen LogP contribution in [0.4, 0.5) is 8.78 Å². The lowest BCUT2D eigenvalue weighted by Gasteiger charge is -2.13. The third-order valence-electron chi connectivity index (χ3n) is 1.32. The minimum absolute atomic E-state index is 0.363. The Kier molecular flexibility index (Phi) is 7.16. The van der Waals surface area contributed by atoms with Crippen molar-refractivity contribution >= 4 is 5.91 Å². The van der Waals surface area contributed by atoms with E-state index in [9.17, 15) is 13.6 Å². The summed E-state index contributed by atoms with van der Waals surface area (Å²) in [5, 5.41) is 8.07. The summed E-state index contributed by atoms with van der Waals surface area (Å²) in [5.74, 6) is -0.363. The molecule has 0 rings (SSSR count). The molecule has 5 heteroatoms. The maximum Gasteiger partial charge on any atom is 0.266 e. The van der Waals surface area contributed by atoms with Gasteiger partial charge in [0, 0.05) is 5.41 Å². The number of rotatable bonds is 0. The summed E-state index contributed by atoms with van der Waals surface area (Å²) in [4.78, 5) is 10.5. The molecule has 0 aromatic heterocycles. The van der Waals surface area contributed by atoms with Crippen LogP contribution in [-0.2, 0) is 4.79 Å². The second kappa shape index (κ2) is 6.58. The lowest BCUT2D eigenvalue weighted by molar-refractivity contribution is -0.137. The number of allylic oxidation sites excluding steroid dienone is 1. The minimum atomic E-state index is -1.60. The van der Waals surface area contributed by atoms with E-state index in [0.717, 1.165) is 6.08 Å². The Morgan fingerprint density at radius 1 is 1.12 bits per heavy atom. The van der Waals surface area contributed by atoms with Crippen molar-refractivity contribution in [2.75, 3.05) is 0 Å². The van der Waals surface area contributed by atoms with Gasteiger partial charge in [0.2, 0.25) is 5.91 Å². The monoisotopic (exact) mass is 237 g/mol. The molecule has 0 radical (unpaired) electrons. The molecule has 0 bridgehead atoms. The highest BCUT2D eigenvalue weighted by molar-refractivity contribution is 5.80. The van der Waals surface area contributed by atoms with Crippen molar-refractivity contribution in [1.29, 1.82) is 0 Å². The van der Waals surface area contributed by atoms with Crippen molar-refractivity contribution in [2.45, 2.75) is 41.5 Å². The van der Waals surface area contributed by atoms with Crippen LogP contribution < -0.4 is 5.48 Å². The molecule has 0 fully saturated rings. The lowest BCUT2D eigenvalue weighted by atomic mass is 9.96. The van der Waals surface area contributed by atoms with Gasteiger partial charge in [-0.15, -0.1) is 0 Å². The summed E-state index contributed by atoms with van der Waals surface area (Å²) >= 11 is 0. The van der Waals surface area contributed by atoms with E-state index in [1.165, 1.54) is 0 Å². The summed E-state index contributed by atoms with van der Waals surface area (Å²) in [6, 6.07) is 0. The molecule has 0 unspecified atom stereocenters. The zero-order valence-electron chi connectivity index (χ0n) is 10.7. The van der Waals surface area contributed by atoms with E-state index in [1.807, 2.05) is 0 Å². The van der Waals surface area contributed by atoms with Crippen LogP contribution in [-0.4, -0.2) is 11.1 Å². The van der Waals surface area contributed by atoms with E-state index in [-0.39, 0.29) is 5.91 Å². The van der Waals surface area contributed by atoms with E-state index in [4.69, 9.17) is 5.21 Å². The van der Waals surface area contributed by atoms with Gasteiger partial charge in [-0.2, -0.15) is 8.78 Å². The third kappa shape index (κ3) is 13.0. The standard InChI is InChI=1S/C6H10F2.C5H11NO2/c1-6(2,3)4-5(7)8;1-5(2,3)4(7)6-8/h4H,1-3H3;8H,1-3H3,(H,6,7). The van der Waals surface area contributed by atoms with Crippen LogP contribution in [0, 0.1) is 10.8 Å². The molecular formula is C11H21F2NO2. The summed E-state index contributed by atoms with van der Waals surface area (Å²) in [6.07, 6.45) is -0.662. The van der Waals surface area contributed by atoms with E-state index >= 15 is 0 Å². The molecule has 2 N–H and O–H groups in total. The van der Waals surface area contributed by atoms with Crippen molar-refractivity contribution in [3.8, 4) is 0 Å². The topological polar surface area (TPSA) is 49.3 Å². The van der Waals surface area contributed by atoms with E-state index in [0.29, 0.717) is 0 Å². The fourth-order valence-electron chi connectivity index (χ4n) is 0.495. The molecule has 96 valence electrons. The first-order chi connectivity index (χ1) is 6.90. The van der Waals surface area contributed by atoms with Gasteiger partial charge in [0.05, 0.1) is 0 Å². The van der Waals surface area contributed by atoms with Crippen molar-refractivity contribution in [2.24, 2.45) is 10.8 Å². The molecule has 1 amide bonds. The zero-order chi connectivity index (χ0) is 13.6. The van der Waals surface area contributed by atoms with Crippen LogP contribution in [0.15, 0.2) is 12.2 Å². The van der Waals surface area contributed by atoms with E-state index < -0.39 is 16.9 Å². The van der Waals surface area contributed by atoms with Gasteiger partial charge in [0.15, 0.2) is 0 Å². The molecule has 0 atom stereocenters. The molecule has 0 saturated carbocycles. The Hall–Kier alpha value is -0.970. The van der Waals surface area contributed by atoms with Crippen LogP contribution in [0.5, 0.6) is 0 Å². The highest BCUT2D eigenvalue weighted by atomic mass is 19.3. The Balaban J connectivity index is 0. The first-order valence-electron chi connectivity index (χ1n) is 4.88. The van der Waals surface area contributed by atoms with Crippen LogP contribution in [0.3, 0.4) is 0 Å². The summed E-state index contributed by atoms with van der Waals surface area (Å²) in [6.45, 7) is 10.3. The second-order valence-corrected chi connectivity index (χ2v) is 5.49. The number of hydrogen-bond donors (Lipinski definition) is 2. The Labute approximate surface area is 95.5 Å². The average Bonchev–Trinajstić information content (AvgIpc) is 1.97. The predicted octanol–water partition coefficient (Wildman–Crippen LogP) is 3.35. The van der Waals surface area contributed by atoms with Crippen molar-refractivity contribution in [3.05, 3.63) is 12.2 Å². The summed E-state index contributed by atoms with van der Waals surface area (Å²) in [7, 11) is 0. The van der Waals surface area contributed by atoms with Crippen molar-refractivity contribution < 1.29 is 18.8 Å². The van der Waals surface area contributed by atoms with Gasteiger partial charge >= 0.3 is 0 Å². The zero-order valence-corrected chi connectivity index (χ0v) is 10.7. The molecule has 0 spiro atoms. The van der Waals surface area contributed by atoms with Crippen LogP contribution in [0.1, 0.15) is 41.5 Å². The fourth-order valence-corrected chi connectivity index (χ4v) is 0.495. The average molecular weight is 237 g/mol. The van der Waals surface area contributed by atoms with Crippen LogP contribution in [0.2, 0.25) is 0 Å². The SMILES string of the molecule is CC(C)(C)C(=O)NO.CC(C)(C)C=C(F)F. The fraction of sp³-hybridized carbons (Fsp3) is 0.727. The van der Waals surface area contributed by atoms with E-state index in [2.05, 4.69) is 0 Å². The number of nitrogens with one attached hydrogen (secondary N) is 1. The van der Waals surface area contributed by atoms with Gasteiger partial charge in [-0.05, 0) is 11.5 Å². The molecule has 0 aromatic carbocycles. The van der Waals surface area contributed by atoms with Gasteiger partial charge in [-0.25, -0.2) is 5.48 Å². The molecule has 3 nitrogen and oxygen atoms in total. The third-order valence-corrected chi connectivity index (χ3v) is 1.32. The number of halogens is 2. The lowest BCUT2D eigenvalue weighted by Crippen LogP contribution is -2.32. The first-order valence-corrected chi connectivity index (χ1v) is 4.88. The Morgan fingerprint density at radius 3 is 1.50 bits per heavy atom. The number of carbonyl (C=O) groups excluding carboxylic acids is 1. The van der Waals surface area contributed by atoms with Crippen molar-refractivity contribution in [3.63, 3.8) is 0 Å². The predicted molar refractivity (Wildman–Crippen MR) is 59.1 cm³/mol. The van der Waals surface area contributed by atoms with Gasteiger partial charge < -0.3 is 0 Å². The Morgan fingerprint density at radius 2 is 1.50 bits per heavy atom. The highest BCUT2D eigenvalue weighted by Crippen LogP contribution is 2.18. The number of hydroxylamine groups is 1. The molecule has 0 heterocycles. The highest BCUT2D eigenvalue weighted by Gasteiger charge is 2.19. The summed E-state index contributed by atoms with van der Waals surface area (Å²) in [5.41, 5.74) is 0.685. The molecule has 0 saturated heterocycles. The quantitative estimate of drug-likeness (QED) is 0.501. The Bertz CT molecular complexity index is 246. The summed E-state index contributed by atoms with van der Waals surface area (Å²) < 4.78 is 22.8. The smallest absolute Gasteiger partial charge is 0.266 e. The van der Waals surface area contributed by atoms with E-state index in [1.54, 1.807) is 47.0 Å². The largest absolute Gasteiger partial charge is 0.289 e. The maximum absolute atomic E-state index is 11.4. The van der Waals surface area contributed by atoms with Crippen LogP contribution >= 0.6 is 0 Å². The van der Waals surface area contributed by atoms with Crippen molar-refractivity contribution in [1.82, 2.24) is 5.48 Å². The molecule has 16 heavy (non-hydrogen) atoms. The molecule has 0 aliphatic rings. The maximum atomic E-state index is 11.4.